The highest BCUT2D eigenvalue weighted by atomic mass is 16.4. The molecule has 1 aromatic carbocycles. The molecular formula is C13H13N3O2. The maximum Gasteiger partial charge on any atom is 0.196 e. The zero-order valence-electron chi connectivity index (χ0n) is 9.68. The average Bonchev–Trinajstić information content (AvgIpc) is 2.94. The summed E-state index contributed by atoms with van der Waals surface area (Å²) in [4.78, 5) is 7.34. The fourth-order valence-corrected chi connectivity index (χ4v) is 1.92. The van der Waals surface area contributed by atoms with E-state index in [1.165, 1.54) is 0 Å². The fourth-order valence-electron chi connectivity index (χ4n) is 1.92. The van der Waals surface area contributed by atoms with Crippen LogP contribution in [-0.2, 0) is 6.42 Å². The lowest BCUT2D eigenvalue weighted by Crippen LogP contribution is -2.02. The molecule has 2 aromatic heterocycles. The molecule has 4 N–H and O–H groups in total. The third kappa shape index (κ3) is 1.84. The van der Waals surface area contributed by atoms with Crippen molar-refractivity contribution in [1.29, 1.82) is 0 Å². The summed E-state index contributed by atoms with van der Waals surface area (Å²) >= 11 is 0. The molecule has 5 nitrogen and oxygen atoms in total. The van der Waals surface area contributed by atoms with Crippen molar-refractivity contribution in [3.63, 3.8) is 0 Å². The van der Waals surface area contributed by atoms with E-state index in [-0.39, 0.29) is 5.75 Å². The van der Waals surface area contributed by atoms with Gasteiger partial charge in [0.2, 0.25) is 0 Å². The van der Waals surface area contributed by atoms with Gasteiger partial charge in [-0.15, -0.1) is 0 Å². The minimum Gasteiger partial charge on any atom is -0.508 e. The summed E-state index contributed by atoms with van der Waals surface area (Å²) in [7, 11) is 0. The quantitative estimate of drug-likeness (QED) is 0.656. The number of phenols is 1. The number of nitrogens with zero attached hydrogens (tertiary/aromatic N) is 1. The molecule has 3 aromatic rings. The highest BCUT2D eigenvalue weighted by Gasteiger charge is 2.09. The Kier molecular flexibility index (Phi) is 2.53. The van der Waals surface area contributed by atoms with E-state index in [4.69, 9.17) is 10.2 Å². The minimum absolute atomic E-state index is 0.234. The van der Waals surface area contributed by atoms with Crippen molar-refractivity contribution in [3.05, 3.63) is 36.4 Å². The molecule has 5 heteroatoms. The third-order valence-electron chi connectivity index (χ3n) is 2.78. The number of hydrogen-bond donors (Lipinski definition) is 3. The van der Waals surface area contributed by atoms with Crippen molar-refractivity contribution in [2.45, 2.75) is 6.42 Å². The first-order chi connectivity index (χ1) is 8.76. The highest BCUT2D eigenvalue weighted by Crippen LogP contribution is 2.26. The summed E-state index contributed by atoms with van der Waals surface area (Å²) in [6, 6.07) is 7.14. The Bertz CT molecular complexity index is 684. The monoisotopic (exact) mass is 243 g/mol. The van der Waals surface area contributed by atoms with Crippen molar-refractivity contribution >= 4 is 10.9 Å². The number of hydrogen-bond acceptors (Lipinski definition) is 4. The summed E-state index contributed by atoms with van der Waals surface area (Å²) in [5.41, 5.74) is 7.15. The summed E-state index contributed by atoms with van der Waals surface area (Å²) in [5.74, 6) is 1.54. The first-order valence-electron chi connectivity index (χ1n) is 5.73. The number of aromatic hydroxyl groups is 1. The molecule has 0 bridgehead atoms. The zero-order chi connectivity index (χ0) is 12.5. The predicted octanol–water partition coefficient (Wildman–Crippen LogP) is 2.03. The van der Waals surface area contributed by atoms with Crippen LogP contribution >= 0.6 is 0 Å². The van der Waals surface area contributed by atoms with Gasteiger partial charge in [0.05, 0.1) is 11.9 Å². The van der Waals surface area contributed by atoms with Gasteiger partial charge in [0.15, 0.2) is 11.7 Å². The summed E-state index contributed by atoms with van der Waals surface area (Å²) < 4.78 is 5.59. The second kappa shape index (κ2) is 4.19. The van der Waals surface area contributed by atoms with E-state index in [2.05, 4.69) is 9.97 Å². The number of fused-ring (bicyclic) bond motifs is 1. The number of phenolic OH excluding ortho intramolecular Hbond substituents is 1. The third-order valence-corrected chi connectivity index (χ3v) is 2.78. The largest absolute Gasteiger partial charge is 0.508 e. The van der Waals surface area contributed by atoms with Crippen molar-refractivity contribution in [2.75, 3.05) is 6.54 Å². The van der Waals surface area contributed by atoms with Crippen LogP contribution in [0.5, 0.6) is 5.75 Å². The number of H-pyrrole nitrogens is 1. The molecule has 0 atom stereocenters. The normalized spacial score (nSPS) is 11.2. The number of rotatable bonds is 3. The predicted molar refractivity (Wildman–Crippen MR) is 68.2 cm³/mol. The summed E-state index contributed by atoms with van der Waals surface area (Å²) in [6.07, 6.45) is 2.30. The first kappa shape index (κ1) is 10.9. The summed E-state index contributed by atoms with van der Waals surface area (Å²) in [6.45, 7) is 0.514. The van der Waals surface area contributed by atoms with Crippen LogP contribution in [0, 0.1) is 0 Å². The maximum absolute atomic E-state index is 9.41. The highest BCUT2D eigenvalue weighted by molar-refractivity contribution is 5.85. The lowest BCUT2D eigenvalue weighted by molar-refractivity contribution is 0.476. The van der Waals surface area contributed by atoms with Crippen molar-refractivity contribution in [2.24, 2.45) is 5.73 Å². The number of aromatic amines is 1. The van der Waals surface area contributed by atoms with E-state index in [0.29, 0.717) is 24.6 Å². The number of aromatic nitrogens is 2. The van der Waals surface area contributed by atoms with Crippen molar-refractivity contribution in [3.8, 4) is 17.2 Å². The Balaban J connectivity index is 2.02. The standard InChI is InChI=1S/C13H13N3O2/c14-4-3-13-15-7-12(18-13)11-5-8-1-2-9(17)6-10(8)16-11/h1-2,5-7,16-17H,3-4,14H2. The molecule has 0 unspecified atom stereocenters. The van der Waals surface area contributed by atoms with E-state index in [9.17, 15) is 5.11 Å². The first-order valence-corrected chi connectivity index (χ1v) is 5.73. The van der Waals surface area contributed by atoms with Crippen LogP contribution in [-0.4, -0.2) is 21.6 Å². The number of benzene rings is 1. The molecule has 92 valence electrons. The Labute approximate surface area is 103 Å². The average molecular weight is 243 g/mol. The van der Waals surface area contributed by atoms with Gasteiger partial charge in [-0.05, 0) is 18.2 Å². The zero-order valence-corrected chi connectivity index (χ0v) is 9.68. The molecule has 0 radical (unpaired) electrons. The number of nitrogens with one attached hydrogen (secondary N) is 1. The molecule has 2 heterocycles. The molecule has 0 aliphatic carbocycles. The maximum atomic E-state index is 9.41. The molecule has 0 amide bonds. The summed E-state index contributed by atoms with van der Waals surface area (Å²) in [5, 5.41) is 10.4. The van der Waals surface area contributed by atoms with Gasteiger partial charge in [0.1, 0.15) is 5.75 Å². The van der Waals surface area contributed by atoms with E-state index in [1.54, 1.807) is 18.3 Å². The van der Waals surface area contributed by atoms with Crippen molar-refractivity contribution < 1.29 is 9.52 Å². The molecule has 0 aliphatic rings. The topological polar surface area (TPSA) is 88.1 Å². The van der Waals surface area contributed by atoms with Gasteiger partial charge in [0.25, 0.3) is 0 Å². The lowest BCUT2D eigenvalue weighted by atomic mass is 10.2. The van der Waals surface area contributed by atoms with Crippen molar-refractivity contribution in [1.82, 2.24) is 9.97 Å². The Morgan fingerprint density at radius 2 is 2.22 bits per heavy atom. The molecule has 0 spiro atoms. The minimum atomic E-state index is 0.234. The van der Waals surface area contributed by atoms with Gasteiger partial charge in [-0.25, -0.2) is 4.98 Å². The molecule has 0 saturated carbocycles. The number of nitrogens with two attached hydrogens (primary N) is 1. The Hall–Kier alpha value is -2.27. The Morgan fingerprint density at radius 1 is 1.33 bits per heavy atom. The molecule has 18 heavy (non-hydrogen) atoms. The van der Waals surface area contributed by atoms with Gasteiger partial charge in [-0.3, -0.25) is 0 Å². The van der Waals surface area contributed by atoms with Crippen LogP contribution in [0.15, 0.2) is 34.9 Å². The molecule has 0 saturated heterocycles. The van der Waals surface area contributed by atoms with Crippen LogP contribution in [0.1, 0.15) is 5.89 Å². The Morgan fingerprint density at radius 3 is 3.06 bits per heavy atom. The molecule has 0 aliphatic heterocycles. The smallest absolute Gasteiger partial charge is 0.196 e. The van der Waals surface area contributed by atoms with Gasteiger partial charge < -0.3 is 20.2 Å². The number of oxazole rings is 1. The SMILES string of the molecule is NCCc1ncc(-c2cc3ccc(O)cc3[nH]2)o1. The van der Waals surface area contributed by atoms with Gasteiger partial charge >= 0.3 is 0 Å². The van der Waals surface area contributed by atoms with E-state index in [1.807, 2.05) is 12.1 Å². The van der Waals surface area contributed by atoms with Gasteiger partial charge in [-0.2, -0.15) is 0 Å². The van der Waals surface area contributed by atoms with E-state index in [0.717, 1.165) is 16.6 Å². The molecule has 0 fully saturated rings. The van der Waals surface area contributed by atoms with Gasteiger partial charge in [-0.1, -0.05) is 0 Å². The molecule has 3 rings (SSSR count). The lowest BCUT2D eigenvalue weighted by Gasteiger charge is -1.91. The van der Waals surface area contributed by atoms with E-state index < -0.39 is 0 Å². The van der Waals surface area contributed by atoms with Crippen LogP contribution in [0.4, 0.5) is 0 Å². The van der Waals surface area contributed by atoms with Crippen LogP contribution in [0.25, 0.3) is 22.4 Å². The van der Waals surface area contributed by atoms with Crippen LogP contribution in [0.3, 0.4) is 0 Å². The second-order valence-electron chi connectivity index (χ2n) is 4.11. The van der Waals surface area contributed by atoms with Gasteiger partial charge in [0, 0.05) is 29.9 Å². The fraction of sp³-hybridized carbons (Fsp3) is 0.154. The van der Waals surface area contributed by atoms with E-state index >= 15 is 0 Å². The second-order valence-corrected chi connectivity index (χ2v) is 4.11. The van der Waals surface area contributed by atoms with Crippen LogP contribution in [0.2, 0.25) is 0 Å². The molecular weight excluding hydrogens is 230 g/mol. The van der Waals surface area contributed by atoms with Crippen LogP contribution < -0.4 is 5.73 Å².